The Hall–Kier alpha value is -1.57. The van der Waals surface area contributed by atoms with Gasteiger partial charge in [0.25, 0.3) is 10.0 Å². The van der Waals surface area contributed by atoms with Crippen LogP contribution in [-0.2, 0) is 23.0 Å². The van der Waals surface area contributed by atoms with E-state index < -0.39 is 10.0 Å². The zero-order chi connectivity index (χ0) is 15.7. The van der Waals surface area contributed by atoms with Gasteiger partial charge < -0.3 is 5.73 Å². The van der Waals surface area contributed by atoms with Gasteiger partial charge in [-0.15, -0.1) is 12.4 Å². The van der Waals surface area contributed by atoms with Crippen LogP contribution in [0.3, 0.4) is 0 Å². The lowest BCUT2D eigenvalue weighted by atomic mass is 9.88. The number of nitrogen functional groups attached to an aromatic ring is 1. The third-order valence-electron chi connectivity index (χ3n) is 4.03. The first-order chi connectivity index (χ1) is 10.5. The third-order valence-corrected chi connectivity index (χ3v) is 5.52. The van der Waals surface area contributed by atoms with E-state index in [1.54, 1.807) is 0 Å². The lowest BCUT2D eigenvalue weighted by molar-refractivity contribution is 0.495. The molecule has 1 aliphatic carbocycles. The van der Waals surface area contributed by atoms with Crippen molar-refractivity contribution in [3.63, 3.8) is 0 Å². The Morgan fingerprint density at radius 3 is 2.91 bits per heavy atom. The zero-order valence-electron chi connectivity index (χ0n) is 12.9. The molecule has 0 fully saturated rings. The van der Waals surface area contributed by atoms with Gasteiger partial charge in [0.15, 0.2) is 5.03 Å². The van der Waals surface area contributed by atoms with Crippen LogP contribution >= 0.6 is 12.4 Å². The van der Waals surface area contributed by atoms with E-state index in [1.165, 1.54) is 16.9 Å². The van der Waals surface area contributed by atoms with Crippen molar-refractivity contribution < 1.29 is 8.42 Å². The topological polar surface area (TPSA) is 90.0 Å². The molecule has 126 valence electrons. The molecule has 8 heteroatoms. The van der Waals surface area contributed by atoms with Crippen molar-refractivity contribution >= 4 is 28.1 Å². The molecular weight excluding hydrogens is 336 g/mol. The predicted molar refractivity (Wildman–Crippen MR) is 92.0 cm³/mol. The van der Waals surface area contributed by atoms with Crippen LogP contribution in [-0.4, -0.2) is 18.2 Å². The largest absolute Gasteiger partial charge is 0.399 e. The van der Waals surface area contributed by atoms with Gasteiger partial charge in [0.05, 0.1) is 6.20 Å². The number of anilines is 1. The Labute approximate surface area is 142 Å². The molecule has 3 rings (SSSR count). The number of nitrogens with zero attached hydrogens (tertiary/aromatic N) is 2. The highest BCUT2D eigenvalue weighted by molar-refractivity contribution is 7.89. The third kappa shape index (κ3) is 3.52. The molecule has 0 bridgehead atoms. The van der Waals surface area contributed by atoms with Gasteiger partial charge in [-0.3, -0.25) is 4.68 Å². The summed E-state index contributed by atoms with van der Waals surface area (Å²) in [6, 6.07) is 7.00. The molecule has 1 heterocycles. The highest BCUT2D eigenvalue weighted by Gasteiger charge is 2.27. The molecular formula is C15H21ClN4O2S. The molecule has 1 aromatic carbocycles. The average molecular weight is 357 g/mol. The molecule has 0 amide bonds. The lowest BCUT2D eigenvalue weighted by Gasteiger charge is -2.26. The summed E-state index contributed by atoms with van der Waals surface area (Å²) >= 11 is 0. The maximum Gasteiger partial charge on any atom is 0.258 e. The smallest absolute Gasteiger partial charge is 0.258 e. The van der Waals surface area contributed by atoms with Crippen LogP contribution in [0.2, 0.25) is 0 Å². The van der Waals surface area contributed by atoms with Gasteiger partial charge in [0.2, 0.25) is 0 Å². The molecule has 1 unspecified atom stereocenters. The maximum atomic E-state index is 12.6. The molecule has 6 nitrogen and oxygen atoms in total. The van der Waals surface area contributed by atoms with Gasteiger partial charge in [0.1, 0.15) is 0 Å². The highest BCUT2D eigenvalue weighted by atomic mass is 35.5. The van der Waals surface area contributed by atoms with Crippen LogP contribution in [0.1, 0.15) is 36.9 Å². The number of aryl methyl sites for hydroxylation is 2. The summed E-state index contributed by atoms with van der Waals surface area (Å²) in [7, 11) is -3.59. The summed E-state index contributed by atoms with van der Waals surface area (Å²) in [5.74, 6) is 0. The van der Waals surface area contributed by atoms with E-state index in [0.29, 0.717) is 12.2 Å². The van der Waals surface area contributed by atoms with Crippen LogP contribution in [0.15, 0.2) is 35.5 Å². The van der Waals surface area contributed by atoms with Crippen LogP contribution in [0, 0.1) is 0 Å². The summed E-state index contributed by atoms with van der Waals surface area (Å²) in [4.78, 5) is 0. The van der Waals surface area contributed by atoms with E-state index in [2.05, 4.69) is 9.82 Å². The minimum Gasteiger partial charge on any atom is -0.399 e. The quantitative estimate of drug-likeness (QED) is 0.822. The Kier molecular flexibility index (Phi) is 5.33. The van der Waals surface area contributed by atoms with Gasteiger partial charge in [-0.1, -0.05) is 6.07 Å². The first kappa shape index (κ1) is 17.8. The summed E-state index contributed by atoms with van der Waals surface area (Å²) in [6.45, 7) is 2.38. The molecule has 0 saturated carbocycles. The Balaban J connectivity index is 0.00000192. The van der Waals surface area contributed by atoms with E-state index in [1.807, 2.05) is 25.1 Å². The van der Waals surface area contributed by atoms with E-state index in [-0.39, 0.29) is 23.5 Å². The fourth-order valence-electron chi connectivity index (χ4n) is 2.99. The van der Waals surface area contributed by atoms with Crippen molar-refractivity contribution in [2.75, 3.05) is 5.73 Å². The van der Waals surface area contributed by atoms with Crippen molar-refractivity contribution in [1.82, 2.24) is 14.5 Å². The lowest BCUT2D eigenvalue weighted by Crippen LogP contribution is -2.32. The van der Waals surface area contributed by atoms with Crippen molar-refractivity contribution in [2.24, 2.45) is 0 Å². The summed E-state index contributed by atoms with van der Waals surface area (Å²) in [6.07, 6.45) is 4.17. The maximum absolute atomic E-state index is 12.6. The second kappa shape index (κ2) is 6.90. The minimum atomic E-state index is -3.59. The first-order valence-corrected chi connectivity index (χ1v) is 8.92. The molecule has 0 radical (unpaired) electrons. The summed E-state index contributed by atoms with van der Waals surface area (Å²) in [5, 5.41) is 4.24. The fraction of sp³-hybridized carbons (Fsp3) is 0.400. The number of halogens is 1. The van der Waals surface area contributed by atoms with Crippen LogP contribution in [0.25, 0.3) is 0 Å². The molecule has 1 atom stereocenters. The second-order valence-corrected chi connectivity index (χ2v) is 7.17. The molecule has 1 aliphatic rings. The molecule has 1 aromatic heterocycles. The molecule has 3 N–H and O–H groups in total. The number of hydrogen-bond acceptors (Lipinski definition) is 4. The Morgan fingerprint density at radius 1 is 1.39 bits per heavy atom. The van der Waals surface area contributed by atoms with Gasteiger partial charge in [0, 0.05) is 18.3 Å². The van der Waals surface area contributed by atoms with Crippen LogP contribution < -0.4 is 10.5 Å². The Morgan fingerprint density at radius 2 is 2.17 bits per heavy atom. The molecule has 0 spiro atoms. The van der Waals surface area contributed by atoms with Crippen molar-refractivity contribution in [3.8, 4) is 0 Å². The number of nitrogens with two attached hydrogens (primary N) is 1. The van der Waals surface area contributed by atoms with Gasteiger partial charge in [-0.05, 0) is 55.5 Å². The molecule has 23 heavy (non-hydrogen) atoms. The number of rotatable bonds is 4. The standard InChI is InChI=1S/C15H20N4O2S.ClH/c1-2-19-15(8-9-17-19)22(20,21)18-14-5-3-4-11-10-12(16)6-7-13(11)14;/h6-10,14,18H,2-5,16H2,1H3;1H. The van der Waals surface area contributed by atoms with E-state index in [4.69, 9.17) is 5.73 Å². The number of benzene rings is 1. The molecule has 0 saturated heterocycles. The van der Waals surface area contributed by atoms with Gasteiger partial charge in [-0.2, -0.15) is 5.10 Å². The van der Waals surface area contributed by atoms with Gasteiger partial charge in [-0.25, -0.2) is 13.1 Å². The predicted octanol–water partition coefficient (Wildman–Crippen LogP) is 2.26. The average Bonchev–Trinajstić information content (AvgIpc) is 2.96. The normalized spacial score (nSPS) is 17.3. The summed E-state index contributed by atoms with van der Waals surface area (Å²) in [5.41, 5.74) is 8.68. The van der Waals surface area contributed by atoms with E-state index >= 15 is 0 Å². The molecule has 0 aliphatic heterocycles. The van der Waals surface area contributed by atoms with Crippen LogP contribution in [0.5, 0.6) is 0 Å². The SMILES string of the molecule is CCn1nccc1S(=O)(=O)NC1CCCc2cc(N)ccc21.Cl. The first-order valence-electron chi connectivity index (χ1n) is 7.43. The monoisotopic (exact) mass is 356 g/mol. The number of fused-ring (bicyclic) bond motifs is 1. The van der Waals surface area contributed by atoms with Crippen molar-refractivity contribution in [1.29, 1.82) is 0 Å². The second-order valence-electron chi connectivity index (χ2n) is 5.51. The zero-order valence-corrected chi connectivity index (χ0v) is 14.5. The van der Waals surface area contributed by atoms with E-state index in [0.717, 1.165) is 30.4 Å². The van der Waals surface area contributed by atoms with Crippen LogP contribution in [0.4, 0.5) is 5.69 Å². The van der Waals surface area contributed by atoms with Crippen molar-refractivity contribution in [2.45, 2.75) is 43.8 Å². The minimum absolute atomic E-state index is 0. The van der Waals surface area contributed by atoms with Crippen molar-refractivity contribution in [3.05, 3.63) is 41.6 Å². The number of nitrogens with one attached hydrogen (secondary N) is 1. The summed E-state index contributed by atoms with van der Waals surface area (Å²) < 4.78 is 29.5. The molecule has 2 aromatic rings. The highest BCUT2D eigenvalue weighted by Crippen LogP contribution is 2.32. The van der Waals surface area contributed by atoms with E-state index in [9.17, 15) is 8.42 Å². The number of aromatic nitrogens is 2. The Bertz CT molecular complexity index is 789. The number of sulfonamides is 1. The fourth-order valence-corrected chi connectivity index (χ4v) is 4.42. The van der Waals surface area contributed by atoms with Gasteiger partial charge >= 0.3 is 0 Å². The number of hydrogen-bond donors (Lipinski definition) is 2.